The molecule has 1 unspecified atom stereocenters. The highest BCUT2D eigenvalue weighted by Crippen LogP contribution is 2.23. The number of hydrogen-bond acceptors (Lipinski definition) is 6. The molecule has 1 aromatic heterocycles. The summed E-state index contributed by atoms with van der Waals surface area (Å²) in [7, 11) is 0. The van der Waals surface area contributed by atoms with Gasteiger partial charge in [0.15, 0.2) is 0 Å². The Balaban J connectivity index is 2.06. The number of rotatable bonds is 3. The van der Waals surface area contributed by atoms with Crippen LogP contribution in [0.3, 0.4) is 0 Å². The van der Waals surface area contributed by atoms with Gasteiger partial charge in [-0.05, 0) is 19.4 Å². The molecule has 0 radical (unpaired) electrons. The van der Waals surface area contributed by atoms with Gasteiger partial charge in [-0.15, -0.1) is 0 Å². The van der Waals surface area contributed by atoms with Crippen LogP contribution in [0, 0.1) is 10.1 Å². The predicted molar refractivity (Wildman–Crippen MR) is 61.8 cm³/mol. The highest BCUT2D eigenvalue weighted by atomic mass is 16.6. The maximum atomic E-state index is 10.6. The fourth-order valence-corrected chi connectivity index (χ4v) is 1.76. The standard InChI is InChI=1S/C10H14N4O3/c11-10-8(14(15)16)3-4-9(13-10)17-7-2-1-5-12-6-7/h3-4,7,12H,1-2,5-6H2,(H2,11,13). The van der Waals surface area contributed by atoms with Crippen LogP contribution in [0.4, 0.5) is 11.5 Å². The highest BCUT2D eigenvalue weighted by Gasteiger charge is 2.17. The average molecular weight is 238 g/mol. The molecule has 7 nitrogen and oxygen atoms in total. The molecule has 0 aliphatic carbocycles. The Labute approximate surface area is 98.1 Å². The number of piperidine rings is 1. The largest absolute Gasteiger partial charge is 0.473 e. The minimum Gasteiger partial charge on any atom is -0.473 e. The second-order valence-electron chi connectivity index (χ2n) is 3.90. The Hall–Kier alpha value is -1.89. The van der Waals surface area contributed by atoms with Crippen molar-refractivity contribution in [2.24, 2.45) is 0 Å². The van der Waals surface area contributed by atoms with E-state index in [1.165, 1.54) is 12.1 Å². The van der Waals surface area contributed by atoms with E-state index in [9.17, 15) is 10.1 Å². The summed E-state index contributed by atoms with van der Waals surface area (Å²) < 4.78 is 5.59. The predicted octanol–water partition coefficient (Wildman–Crippen LogP) is 0.703. The second kappa shape index (κ2) is 4.96. The van der Waals surface area contributed by atoms with Gasteiger partial charge < -0.3 is 15.8 Å². The molecule has 0 spiro atoms. The lowest BCUT2D eigenvalue weighted by Crippen LogP contribution is -2.37. The van der Waals surface area contributed by atoms with Gasteiger partial charge in [0.1, 0.15) is 6.10 Å². The van der Waals surface area contributed by atoms with Gasteiger partial charge in [-0.2, -0.15) is 4.98 Å². The molecule has 0 bridgehead atoms. The first kappa shape index (κ1) is 11.6. The van der Waals surface area contributed by atoms with Crippen molar-refractivity contribution in [1.29, 1.82) is 0 Å². The summed E-state index contributed by atoms with van der Waals surface area (Å²) in [6.45, 7) is 1.76. The van der Waals surface area contributed by atoms with E-state index in [-0.39, 0.29) is 17.6 Å². The van der Waals surface area contributed by atoms with Gasteiger partial charge in [0.2, 0.25) is 11.7 Å². The topological polar surface area (TPSA) is 103 Å². The molecule has 0 amide bonds. The Morgan fingerprint density at radius 3 is 3.00 bits per heavy atom. The van der Waals surface area contributed by atoms with Crippen LogP contribution in [0.2, 0.25) is 0 Å². The lowest BCUT2D eigenvalue weighted by molar-refractivity contribution is -0.384. The minimum absolute atomic E-state index is 0.0529. The number of aromatic nitrogens is 1. The molecule has 0 saturated carbocycles. The monoisotopic (exact) mass is 238 g/mol. The number of nitro groups is 1. The molecule has 17 heavy (non-hydrogen) atoms. The number of pyridine rings is 1. The van der Waals surface area contributed by atoms with Gasteiger partial charge in [-0.25, -0.2) is 0 Å². The smallest absolute Gasteiger partial charge is 0.311 e. The molecule has 1 aromatic rings. The van der Waals surface area contributed by atoms with E-state index in [1.54, 1.807) is 0 Å². The van der Waals surface area contributed by atoms with Crippen LogP contribution in [-0.2, 0) is 0 Å². The van der Waals surface area contributed by atoms with Crippen LogP contribution in [0.5, 0.6) is 5.88 Å². The molecule has 1 atom stereocenters. The normalized spacial score (nSPS) is 19.9. The third-order valence-electron chi connectivity index (χ3n) is 2.61. The second-order valence-corrected chi connectivity index (χ2v) is 3.90. The Kier molecular flexibility index (Phi) is 3.38. The number of ether oxygens (including phenoxy) is 1. The van der Waals surface area contributed by atoms with Gasteiger partial charge in [0, 0.05) is 18.7 Å². The Bertz CT molecular complexity index is 418. The van der Waals surface area contributed by atoms with Crippen molar-refractivity contribution in [2.75, 3.05) is 18.8 Å². The zero-order valence-corrected chi connectivity index (χ0v) is 9.26. The summed E-state index contributed by atoms with van der Waals surface area (Å²) >= 11 is 0. The first-order chi connectivity index (χ1) is 8.16. The van der Waals surface area contributed by atoms with E-state index >= 15 is 0 Å². The van der Waals surface area contributed by atoms with E-state index in [2.05, 4.69) is 10.3 Å². The molecule has 92 valence electrons. The zero-order valence-electron chi connectivity index (χ0n) is 9.26. The number of nitrogens with zero attached hydrogens (tertiary/aromatic N) is 2. The Morgan fingerprint density at radius 1 is 1.59 bits per heavy atom. The summed E-state index contributed by atoms with van der Waals surface area (Å²) in [6.07, 6.45) is 2.05. The van der Waals surface area contributed by atoms with Crippen LogP contribution in [0.15, 0.2) is 12.1 Å². The van der Waals surface area contributed by atoms with Crippen LogP contribution in [0.25, 0.3) is 0 Å². The van der Waals surface area contributed by atoms with Crippen LogP contribution >= 0.6 is 0 Å². The van der Waals surface area contributed by atoms with Crippen molar-refractivity contribution in [3.8, 4) is 5.88 Å². The molecule has 1 fully saturated rings. The fraction of sp³-hybridized carbons (Fsp3) is 0.500. The van der Waals surface area contributed by atoms with E-state index in [4.69, 9.17) is 10.5 Å². The van der Waals surface area contributed by atoms with Crippen LogP contribution < -0.4 is 15.8 Å². The molecule has 7 heteroatoms. The fourth-order valence-electron chi connectivity index (χ4n) is 1.76. The van der Waals surface area contributed by atoms with E-state index in [0.29, 0.717) is 5.88 Å². The van der Waals surface area contributed by atoms with Crippen molar-refractivity contribution >= 4 is 11.5 Å². The third-order valence-corrected chi connectivity index (χ3v) is 2.61. The van der Waals surface area contributed by atoms with Gasteiger partial charge >= 0.3 is 5.69 Å². The molecule has 1 aliphatic rings. The first-order valence-corrected chi connectivity index (χ1v) is 5.45. The summed E-state index contributed by atoms with van der Waals surface area (Å²) in [5.41, 5.74) is 5.28. The molecular formula is C10H14N4O3. The van der Waals surface area contributed by atoms with Gasteiger partial charge in [0.05, 0.1) is 4.92 Å². The minimum atomic E-state index is -0.561. The number of nitrogens with one attached hydrogen (secondary N) is 1. The van der Waals surface area contributed by atoms with Crippen molar-refractivity contribution < 1.29 is 9.66 Å². The molecule has 1 saturated heterocycles. The first-order valence-electron chi connectivity index (χ1n) is 5.45. The quantitative estimate of drug-likeness (QED) is 0.593. The molecule has 0 aromatic carbocycles. The van der Waals surface area contributed by atoms with Gasteiger partial charge in [0.25, 0.3) is 0 Å². The van der Waals surface area contributed by atoms with Crippen molar-refractivity contribution in [3.63, 3.8) is 0 Å². The maximum absolute atomic E-state index is 10.6. The average Bonchev–Trinajstić information content (AvgIpc) is 2.30. The molecule has 3 N–H and O–H groups in total. The summed E-state index contributed by atoms with van der Waals surface area (Å²) in [5.74, 6) is 0.220. The highest BCUT2D eigenvalue weighted by molar-refractivity contribution is 5.53. The van der Waals surface area contributed by atoms with Crippen molar-refractivity contribution in [3.05, 3.63) is 22.2 Å². The zero-order chi connectivity index (χ0) is 12.3. The number of anilines is 1. The summed E-state index contributed by atoms with van der Waals surface area (Å²) in [5, 5.41) is 13.8. The van der Waals surface area contributed by atoms with Gasteiger partial charge in [-0.3, -0.25) is 10.1 Å². The molecule has 2 heterocycles. The van der Waals surface area contributed by atoms with E-state index in [0.717, 1.165) is 25.9 Å². The lowest BCUT2D eigenvalue weighted by atomic mass is 10.1. The molecular weight excluding hydrogens is 224 g/mol. The number of nitrogens with two attached hydrogens (primary N) is 1. The van der Waals surface area contributed by atoms with Crippen LogP contribution in [-0.4, -0.2) is 29.1 Å². The SMILES string of the molecule is Nc1nc(OC2CCCNC2)ccc1[N+](=O)[O-]. The molecule has 2 rings (SSSR count). The maximum Gasteiger partial charge on any atom is 0.311 e. The lowest BCUT2D eigenvalue weighted by Gasteiger charge is -2.23. The van der Waals surface area contributed by atoms with E-state index < -0.39 is 4.92 Å². The van der Waals surface area contributed by atoms with Gasteiger partial charge in [-0.1, -0.05) is 0 Å². The summed E-state index contributed by atoms with van der Waals surface area (Å²) in [6, 6.07) is 2.79. The Morgan fingerprint density at radius 2 is 2.41 bits per heavy atom. The molecule has 1 aliphatic heterocycles. The van der Waals surface area contributed by atoms with E-state index in [1.807, 2.05) is 0 Å². The number of hydrogen-bond donors (Lipinski definition) is 2. The summed E-state index contributed by atoms with van der Waals surface area (Å²) in [4.78, 5) is 13.9. The number of nitrogen functional groups attached to an aromatic ring is 1. The third kappa shape index (κ3) is 2.82. The van der Waals surface area contributed by atoms with Crippen molar-refractivity contribution in [1.82, 2.24) is 10.3 Å². The van der Waals surface area contributed by atoms with Crippen LogP contribution in [0.1, 0.15) is 12.8 Å². The van der Waals surface area contributed by atoms with Crippen molar-refractivity contribution in [2.45, 2.75) is 18.9 Å².